The lowest BCUT2D eigenvalue weighted by molar-refractivity contribution is 0.100. The Balaban J connectivity index is 1.86. The maximum Gasteiger partial charge on any atom is 0.261 e. The highest BCUT2D eigenvalue weighted by Crippen LogP contribution is 2.26. The van der Waals surface area contributed by atoms with E-state index in [1.165, 1.54) is 6.42 Å². The van der Waals surface area contributed by atoms with Crippen molar-refractivity contribution in [1.29, 1.82) is 0 Å². The molecule has 0 saturated carbocycles. The van der Waals surface area contributed by atoms with E-state index in [4.69, 9.17) is 10.5 Å². The standard InChI is InChI=1S/C20H24N4O3/c1-2-27-20-15(7-6-10-22-20)19(26)23-17-9-8-14(13-16(17)18(21)25)24-11-4-3-5-12-24/h6-10,13H,2-5,11-12H2,1H3,(H2,21,25)(H,23,26). The number of amides is 2. The van der Waals surface area contributed by atoms with E-state index < -0.39 is 11.8 Å². The number of hydrogen-bond acceptors (Lipinski definition) is 5. The largest absolute Gasteiger partial charge is 0.477 e. The third-order valence-corrected chi connectivity index (χ3v) is 4.53. The molecule has 0 atom stereocenters. The molecule has 7 heteroatoms. The number of anilines is 2. The molecule has 1 fully saturated rings. The molecular formula is C20H24N4O3. The van der Waals surface area contributed by atoms with Crippen molar-refractivity contribution in [2.75, 3.05) is 29.9 Å². The van der Waals surface area contributed by atoms with Gasteiger partial charge in [0.25, 0.3) is 11.8 Å². The molecule has 0 aliphatic carbocycles. The second-order valence-corrected chi connectivity index (χ2v) is 6.39. The summed E-state index contributed by atoms with van der Waals surface area (Å²) in [5.41, 5.74) is 7.46. The number of carbonyl (C=O) groups excluding carboxylic acids is 2. The van der Waals surface area contributed by atoms with Gasteiger partial charge in [0.2, 0.25) is 5.88 Å². The highest BCUT2D eigenvalue weighted by Gasteiger charge is 2.19. The number of carbonyl (C=O) groups is 2. The van der Waals surface area contributed by atoms with E-state index >= 15 is 0 Å². The van der Waals surface area contributed by atoms with Gasteiger partial charge in [0.1, 0.15) is 5.56 Å². The van der Waals surface area contributed by atoms with Crippen LogP contribution in [0.2, 0.25) is 0 Å². The number of hydrogen-bond donors (Lipinski definition) is 2. The van der Waals surface area contributed by atoms with Crippen molar-refractivity contribution in [1.82, 2.24) is 4.98 Å². The Hall–Kier alpha value is -3.09. The van der Waals surface area contributed by atoms with Crippen molar-refractivity contribution in [3.63, 3.8) is 0 Å². The van der Waals surface area contributed by atoms with Crippen LogP contribution in [0.25, 0.3) is 0 Å². The van der Waals surface area contributed by atoms with Gasteiger partial charge in [-0.05, 0) is 56.5 Å². The summed E-state index contributed by atoms with van der Waals surface area (Å²) >= 11 is 0. The zero-order valence-electron chi connectivity index (χ0n) is 15.4. The molecule has 1 aromatic heterocycles. The van der Waals surface area contributed by atoms with Crippen LogP contribution in [0.5, 0.6) is 5.88 Å². The van der Waals surface area contributed by atoms with Gasteiger partial charge in [-0.2, -0.15) is 0 Å². The number of benzene rings is 1. The average molecular weight is 368 g/mol. The predicted octanol–water partition coefficient (Wildman–Crippen LogP) is 2.82. The summed E-state index contributed by atoms with van der Waals surface area (Å²) in [6, 6.07) is 8.65. The van der Waals surface area contributed by atoms with Crippen molar-refractivity contribution >= 4 is 23.2 Å². The van der Waals surface area contributed by atoms with E-state index in [2.05, 4.69) is 15.2 Å². The van der Waals surface area contributed by atoms with Gasteiger partial charge in [-0.3, -0.25) is 9.59 Å². The van der Waals surface area contributed by atoms with Gasteiger partial charge < -0.3 is 20.7 Å². The van der Waals surface area contributed by atoms with Crippen LogP contribution >= 0.6 is 0 Å². The first-order valence-corrected chi connectivity index (χ1v) is 9.18. The van der Waals surface area contributed by atoms with Crippen LogP contribution in [0.3, 0.4) is 0 Å². The highest BCUT2D eigenvalue weighted by molar-refractivity contribution is 6.10. The molecule has 0 spiro atoms. The van der Waals surface area contributed by atoms with E-state index in [0.29, 0.717) is 17.9 Å². The SMILES string of the molecule is CCOc1ncccc1C(=O)Nc1ccc(N2CCCCC2)cc1C(N)=O. The third kappa shape index (κ3) is 4.36. The number of rotatable bonds is 6. The molecule has 0 radical (unpaired) electrons. The second-order valence-electron chi connectivity index (χ2n) is 6.39. The number of aromatic nitrogens is 1. The minimum atomic E-state index is -0.583. The van der Waals surface area contributed by atoms with Crippen LogP contribution in [0.1, 0.15) is 46.9 Å². The molecule has 1 saturated heterocycles. The molecule has 3 rings (SSSR count). The number of nitrogens with one attached hydrogen (secondary N) is 1. The smallest absolute Gasteiger partial charge is 0.261 e. The zero-order valence-corrected chi connectivity index (χ0v) is 15.4. The summed E-state index contributed by atoms with van der Waals surface area (Å²) in [7, 11) is 0. The number of nitrogens with zero attached hydrogens (tertiary/aromatic N) is 2. The van der Waals surface area contributed by atoms with E-state index in [1.54, 1.807) is 30.5 Å². The lowest BCUT2D eigenvalue weighted by Crippen LogP contribution is -2.29. The minimum absolute atomic E-state index is 0.253. The number of primary amides is 1. The molecule has 3 N–H and O–H groups in total. The molecule has 7 nitrogen and oxygen atoms in total. The van der Waals surface area contributed by atoms with Crippen molar-refractivity contribution in [3.8, 4) is 5.88 Å². The predicted molar refractivity (Wildman–Crippen MR) is 104 cm³/mol. The quantitative estimate of drug-likeness (QED) is 0.817. The molecule has 0 bridgehead atoms. The van der Waals surface area contributed by atoms with Gasteiger partial charge in [-0.25, -0.2) is 4.98 Å². The number of nitrogens with two attached hydrogens (primary N) is 1. The first-order chi connectivity index (χ1) is 13.1. The normalized spacial score (nSPS) is 13.9. The van der Waals surface area contributed by atoms with Crippen LogP contribution in [-0.2, 0) is 0 Å². The molecule has 1 aliphatic heterocycles. The van der Waals surface area contributed by atoms with Gasteiger partial charge >= 0.3 is 0 Å². The Morgan fingerprint density at radius 1 is 1.19 bits per heavy atom. The Kier molecular flexibility index (Phi) is 5.90. The molecule has 2 aromatic rings. The maximum absolute atomic E-state index is 12.7. The number of ether oxygens (including phenoxy) is 1. The Morgan fingerprint density at radius 2 is 1.96 bits per heavy atom. The maximum atomic E-state index is 12.7. The van der Waals surface area contributed by atoms with E-state index in [1.807, 2.05) is 13.0 Å². The molecule has 2 heterocycles. The molecular weight excluding hydrogens is 344 g/mol. The van der Waals surface area contributed by atoms with E-state index in [0.717, 1.165) is 31.6 Å². The highest BCUT2D eigenvalue weighted by atomic mass is 16.5. The fraction of sp³-hybridized carbons (Fsp3) is 0.350. The molecule has 1 aliphatic rings. The van der Waals surface area contributed by atoms with Crippen LogP contribution in [-0.4, -0.2) is 36.5 Å². The molecule has 1 aromatic carbocycles. The van der Waals surface area contributed by atoms with Crippen molar-refractivity contribution in [3.05, 3.63) is 47.7 Å². The minimum Gasteiger partial charge on any atom is -0.477 e. The Labute approximate surface area is 158 Å². The summed E-state index contributed by atoms with van der Waals surface area (Å²) in [6.45, 7) is 4.13. The number of piperidine rings is 1. The summed E-state index contributed by atoms with van der Waals surface area (Å²) in [5, 5.41) is 2.76. The molecule has 2 amide bonds. The van der Waals surface area contributed by atoms with Gasteiger partial charge in [-0.1, -0.05) is 0 Å². The van der Waals surface area contributed by atoms with Crippen molar-refractivity contribution in [2.24, 2.45) is 5.73 Å². The fourth-order valence-electron chi connectivity index (χ4n) is 3.20. The summed E-state index contributed by atoms with van der Waals surface area (Å²) in [6.07, 6.45) is 5.04. The molecule has 0 unspecified atom stereocenters. The zero-order chi connectivity index (χ0) is 19.2. The van der Waals surface area contributed by atoms with Crippen LogP contribution < -0.4 is 20.7 Å². The molecule has 142 valence electrons. The first kappa shape index (κ1) is 18.7. The van der Waals surface area contributed by atoms with Crippen LogP contribution in [0, 0.1) is 0 Å². The fourth-order valence-corrected chi connectivity index (χ4v) is 3.20. The average Bonchev–Trinajstić information content (AvgIpc) is 2.69. The topological polar surface area (TPSA) is 97.6 Å². The van der Waals surface area contributed by atoms with Crippen LogP contribution in [0.15, 0.2) is 36.5 Å². The van der Waals surface area contributed by atoms with Gasteiger partial charge in [0, 0.05) is 25.0 Å². The van der Waals surface area contributed by atoms with Gasteiger partial charge in [0.15, 0.2) is 0 Å². The second kappa shape index (κ2) is 8.53. The molecule has 27 heavy (non-hydrogen) atoms. The van der Waals surface area contributed by atoms with Crippen molar-refractivity contribution < 1.29 is 14.3 Å². The summed E-state index contributed by atoms with van der Waals surface area (Å²) in [5.74, 6) is -0.733. The Bertz CT molecular complexity index is 832. The monoisotopic (exact) mass is 368 g/mol. The first-order valence-electron chi connectivity index (χ1n) is 9.18. The lowest BCUT2D eigenvalue weighted by Gasteiger charge is -2.29. The van der Waals surface area contributed by atoms with Crippen molar-refractivity contribution in [2.45, 2.75) is 26.2 Å². The Morgan fingerprint density at radius 3 is 2.67 bits per heavy atom. The lowest BCUT2D eigenvalue weighted by atomic mass is 10.1. The summed E-state index contributed by atoms with van der Waals surface area (Å²) < 4.78 is 5.40. The van der Waals surface area contributed by atoms with Crippen LogP contribution in [0.4, 0.5) is 11.4 Å². The van der Waals surface area contributed by atoms with E-state index in [-0.39, 0.29) is 11.4 Å². The third-order valence-electron chi connectivity index (χ3n) is 4.53. The van der Waals surface area contributed by atoms with E-state index in [9.17, 15) is 9.59 Å². The summed E-state index contributed by atoms with van der Waals surface area (Å²) in [4.78, 5) is 31.0. The van der Waals surface area contributed by atoms with Gasteiger partial charge in [0.05, 0.1) is 17.9 Å². The number of pyridine rings is 1. The van der Waals surface area contributed by atoms with Gasteiger partial charge in [-0.15, -0.1) is 0 Å².